The van der Waals surface area contributed by atoms with Gasteiger partial charge in [0.2, 0.25) is 0 Å². The lowest BCUT2D eigenvalue weighted by molar-refractivity contribution is 0.584. The van der Waals surface area contributed by atoms with E-state index in [1.165, 1.54) is 18.5 Å². The van der Waals surface area contributed by atoms with Crippen LogP contribution in [0, 0.1) is 11.6 Å². The van der Waals surface area contributed by atoms with Crippen molar-refractivity contribution in [3.8, 4) is 0 Å². The first kappa shape index (κ1) is 12.7. The molecule has 3 nitrogen and oxygen atoms in total. The van der Waals surface area contributed by atoms with Gasteiger partial charge in [0.15, 0.2) is 0 Å². The van der Waals surface area contributed by atoms with E-state index in [0.717, 1.165) is 6.07 Å². The highest BCUT2D eigenvalue weighted by atomic mass is 35.5. The van der Waals surface area contributed by atoms with Crippen LogP contribution in [0.1, 0.15) is 0 Å². The van der Waals surface area contributed by atoms with Crippen molar-refractivity contribution < 1.29 is 8.78 Å². The molecule has 0 bridgehead atoms. The summed E-state index contributed by atoms with van der Waals surface area (Å²) in [6, 6.07) is 8.32. The summed E-state index contributed by atoms with van der Waals surface area (Å²) < 4.78 is 26.3. The van der Waals surface area contributed by atoms with E-state index in [4.69, 9.17) is 11.6 Å². The quantitative estimate of drug-likeness (QED) is 0.765. The van der Waals surface area contributed by atoms with Crippen LogP contribution in [-0.4, -0.2) is 9.97 Å². The molecule has 1 heterocycles. The summed E-state index contributed by atoms with van der Waals surface area (Å²) in [5, 5.41) is 4.14. The standard InChI is InChI=1S/C14H8ClF2N3/c15-8-1-2-12-13(3-8)18-7-19-14(12)20-11-5-9(16)4-10(17)6-11/h1-7H,(H,18,19,20). The van der Waals surface area contributed by atoms with Gasteiger partial charge in [-0.15, -0.1) is 0 Å². The summed E-state index contributed by atoms with van der Waals surface area (Å²) in [5.41, 5.74) is 0.921. The van der Waals surface area contributed by atoms with Crippen molar-refractivity contribution in [1.29, 1.82) is 0 Å². The van der Waals surface area contributed by atoms with Gasteiger partial charge < -0.3 is 5.32 Å². The van der Waals surface area contributed by atoms with Crippen molar-refractivity contribution in [3.63, 3.8) is 0 Å². The normalized spacial score (nSPS) is 10.8. The smallest absolute Gasteiger partial charge is 0.141 e. The number of anilines is 2. The van der Waals surface area contributed by atoms with Crippen molar-refractivity contribution in [3.05, 3.63) is 59.4 Å². The molecule has 6 heteroatoms. The third-order valence-corrected chi connectivity index (χ3v) is 2.96. The van der Waals surface area contributed by atoms with Gasteiger partial charge in [-0.3, -0.25) is 0 Å². The molecule has 1 aromatic heterocycles. The first-order valence-corrected chi connectivity index (χ1v) is 6.13. The molecule has 1 N–H and O–H groups in total. The second kappa shape index (κ2) is 5.02. The van der Waals surface area contributed by atoms with E-state index in [-0.39, 0.29) is 5.69 Å². The number of hydrogen-bond acceptors (Lipinski definition) is 3. The molecular formula is C14H8ClF2N3. The molecule has 0 radical (unpaired) electrons. The molecule has 3 aromatic rings. The molecule has 20 heavy (non-hydrogen) atoms. The van der Waals surface area contributed by atoms with Crippen LogP contribution in [0.15, 0.2) is 42.7 Å². The van der Waals surface area contributed by atoms with Crippen LogP contribution in [0.3, 0.4) is 0 Å². The molecule has 100 valence electrons. The molecule has 0 spiro atoms. The van der Waals surface area contributed by atoms with Crippen molar-refractivity contribution in [2.45, 2.75) is 0 Å². The Bertz CT molecular complexity index is 772. The molecule has 0 aliphatic rings. The van der Waals surface area contributed by atoms with Crippen molar-refractivity contribution in [2.75, 3.05) is 5.32 Å². The van der Waals surface area contributed by atoms with E-state index in [1.54, 1.807) is 18.2 Å². The van der Waals surface area contributed by atoms with Crippen molar-refractivity contribution >= 4 is 34.0 Å². The van der Waals surface area contributed by atoms with Crippen LogP contribution < -0.4 is 5.32 Å². The zero-order valence-electron chi connectivity index (χ0n) is 10.1. The molecule has 0 amide bonds. The van der Waals surface area contributed by atoms with Gasteiger partial charge >= 0.3 is 0 Å². The Morgan fingerprint density at radius 1 is 0.950 bits per heavy atom. The Labute approximate surface area is 118 Å². The molecule has 0 saturated heterocycles. The number of fused-ring (bicyclic) bond motifs is 1. The third-order valence-electron chi connectivity index (χ3n) is 2.72. The van der Waals surface area contributed by atoms with Crippen molar-refractivity contribution in [2.24, 2.45) is 0 Å². The third kappa shape index (κ3) is 2.53. The van der Waals surface area contributed by atoms with Gasteiger partial charge in [-0.2, -0.15) is 0 Å². The molecule has 0 atom stereocenters. The van der Waals surface area contributed by atoms with E-state index in [1.807, 2.05) is 0 Å². The summed E-state index contributed by atoms with van der Waals surface area (Å²) in [6.07, 6.45) is 1.36. The highest BCUT2D eigenvalue weighted by Crippen LogP contribution is 2.25. The Kier molecular flexibility index (Phi) is 3.20. The Balaban J connectivity index is 2.06. The van der Waals surface area contributed by atoms with Crippen LogP contribution in [-0.2, 0) is 0 Å². The zero-order valence-corrected chi connectivity index (χ0v) is 10.8. The van der Waals surface area contributed by atoms with Gasteiger partial charge in [-0.05, 0) is 30.3 Å². The molecule has 0 saturated carbocycles. The molecular weight excluding hydrogens is 284 g/mol. The second-order valence-electron chi connectivity index (χ2n) is 4.17. The molecule has 0 unspecified atom stereocenters. The fraction of sp³-hybridized carbons (Fsp3) is 0. The van der Waals surface area contributed by atoms with Crippen molar-refractivity contribution in [1.82, 2.24) is 9.97 Å². The minimum atomic E-state index is -0.658. The summed E-state index contributed by atoms with van der Waals surface area (Å²) in [5.74, 6) is -0.862. The molecule has 3 rings (SSSR count). The number of aromatic nitrogens is 2. The van der Waals surface area contributed by atoms with Gasteiger partial charge in [-0.1, -0.05) is 11.6 Å². The van der Waals surface area contributed by atoms with Crippen LogP contribution in [0.25, 0.3) is 10.9 Å². The number of halogens is 3. The van der Waals surface area contributed by atoms with Crippen LogP contribution in [0.5, 0.6) is 0 Å². The van der Waals surface area contributed by atoms with E-state index in [2.05, 4.69) is 15.3 Å². The summed E-state index contributed by atoms with van der Waals surface area (Å²) >= 11 is 5.89. The lowest BCUT2D eigenvalue weighted by atomic mass is 10.2. The zero-order chi connectivity index (χ0) is 14.1. The minimum Gasteiger partial charge on any atom is -0.339 e. The predicted molar refractivity (Wildman–Crippen MR) is 74.2 cm³/mol. The summed E-state index contributed by atoms with van der Waals surface area (Å²) in [6.45, 7) is 0. The fourth-order valence-electron chi connectivity index (χ4n) is 1.89. The Hall–Kier alpha value is -2.27. The number of rotatable bonds is 2. The fourth-order valence-corrected chi connectivity index (χ4v) is 2.06. The highest BCUT2D eigenvalue weighted by molar-refractivity contribution is 6.31. The Morgan fingerprint density at radius 2 is 1.70 bits per heavy atom. The van der Waals surface area contributed by atoms with E-state index >= 15 is 0 Å². The van der Waals surface area contributed by atoms with Gasteiger partial charge in [0.05, 0.1) is 5.52 Å². The second-order valence-corrected chi connectivity index (χ2v) is 4.60. The van der Waals surface area contributed by atoms with Gasteiger partial charge in [-0.25, -0.2) is 18.7 Å². The van der Waals surface area contributed by atoms with Gasteiger partial charge in [0.1, 0.15) is 23.8 Å². The number of nitrogens with zero attached hydrogens (tertiary/aromatic N) is 2. The molecule has 0 aliphatic heterocycles. The maximum Gasteiger partial charge on any atom is 0.141 e. The van der Waals surface area contributed by atoms with E-state index < -0.39 is 11.6 Å². The van der Waals surface area contributed by atoms with E-state index in [0.29, 0.717) is 21.7 Å². The summed E-state index contributed by atoms with van der Waals surface area (Å²) in [7, 11) is 0. The number of hydrogen-bond donors (Lipinski definition) is 1. The lowest BCUT2D eigenvalue weighted by Crippen LogP contribution is -1.97. The average molecular weight is 292 g/mol. The number of benzene rings is 2. The van der Waals surface area contributed by atoms with E-state index in [9.17, 15) is 8.78 Å². The molecule has 2 aromatic carbocycles. The Morgan fingerprint density at radius 3 is 2.45 bits per heavy atom. The first-order valence-electron chi connectivity index (χ1n) is 5.75. The first-order chi connectivity index (χ1) is 9.61. The molecule has 0 fully saturated rings. The van der Waals surface area contributed by atoms with Crippen LogP contribution >= 0.6 is 11.6 Å². The van der Waals surface area contributed by atoms with Crippen LogP contribution in [0.2, 0.25) is 5.02 Å². The maximum atomic E-state index is 13.2. The minimum absolute atomic E-state index is 0.275. The highest BCUT2D eigenvalue weighted by Gasteiger charge is 2.06. The largest absolute Gasteiger partial charge is 0.339 e. The van der Waals surface area contributed by atoms with Crippen LogP contribution in [0.4, 0.5) is 20.3 Å². The predicted octanol–water partition coefficient (Wildman–Crippen LogP) is 4.31. The SMILES string of the molecule is Fc1cc(F)cc(Nc2ncnc3cc(Cl)ccc23)c1. The van der Waals surface area contributed by atoms with Gasteiger partial charge in [0, 0.05) is 22.2 Å². The molecule has 0 aliphatic carbocycles. The average Bonchev–Trinajstić information content (AvgIpc) is 2.37. The lowest BCUT2D eigenvalue weighted by Gasteiger charge is -2.08. The maximum absolute atomic E-state index is 13.2. The monoisotopic (exact) mass is 291 g/mol. The number of nitrogens with one attached hydrogen (secondary N) is 1. The summed E-state index contributed by atoms with van der Waals surface area (Å²) in [4.78, 5) is 8.18. The van der Waals surface area contributed by atoms with Gasteiger partial charge in [0.25, 0.3) is 0 Å². The topological polar surface area (TPSA) is 37.8 Å².